The Labute approximate surface area is 186 Å². The zero-order chi connectivity index (χ0) is 22.5. The molecule has 1 aromatic heterocycles. The molecule has 0 amide bonds. The largest absolute Gasteiger partial charge is 0.497 e. The van der Waals surface area contributed by atoms with Crippen LogP contribution in [0.5, 0.6) is 17.4 Å². The van der Waals surface area contributed by atoms with Crippen molar-refractivity contribution in [1.29, 1.82) is 0 Å². The lowest BCUT2D eigenvalue weighted by molar-refractivity contribution is 0.0519. The minimum Gasteiger partial charge on any atom is -0.497 e. The summed E-state index contributed by atoms with van der Waals surface area (Å²) in [6.07, 6.45) is 2.36. The summed E-state index contributed by atoms with van der Waals surface area (Å²) < 4.78 is 21.9. The molecule has 0 saturated carbocycles. The maximum Gasteiger partial charge on any atom is 0.345 e. The van der Waals surface area contributed by atoms with Crippen molar-refractivity contribution in [2.45, 2.75) is 20.0 Å². The van der Waals surface area contributed by atoms with Gasteiger partial charge in [0.15, 0.2) is 0 Å². The van der Waals surface area contributed by atoms with Crippen LogP contribution in [-0.2, 0) is 17.8 Å². The Bertz CT molecular complexity index is 1120. The van der Waals surface area contributed by atoms with Crippen LogP contribution in [-0.4, -0.2) is 43.3 Å². The van der Waals surface area contributed by atoms with Crippen LogP contribution >= 0.6 is 0 Å². The van der Waals surface area contributed by atoms with E-state index in [1.54, 1.807) is 33.3 Å². The fourth-order valence-corrected chi connectivity index (χ4v) is 3.63. The predicted molar refractivity (Wildman–Crippen MR) is 119 cm³/mol. The van der Waals surface area contributed by atoms with Crippen molar-refractivity contribution in [2.24, 2.45) is 0 Å². The number of ether oxygens (including phenoxy) is 4. The molecule has 0 fully saturated rings. The molecule has 0 aliphatic carbocycles. The average molecular weight is 435 g/mol. The van der Waals surface area contributed by atoms with Crippen molar-refractivity contribution >= 4 is 17.6 Å². The summed E-state index contributed by atoms with van der Waals surface area (Å²) in [7, 11) is 3.18. The van der Waals surface area contributed by atoms with E-state index >= 15 is 0 Å². The first-order chi connectivity index (χ1) is 15.6. The summed E-state index contributed by atoms with van der Waals surface area (Å²) >= 11 is 0. The van der Waals surface area contributed by atoms with Crippen LogP contribution in [0.3, 0.4) is 0 Å². The van der Waals surface area contributed by atoms with Gasteiger partial charge in [-0.05, 0) is 43.2 Å². The molecule has 3 aromatic rings. The number of aromatic nitrogens is 2. The lowest BCUT2D eigenvalue weighted by Crippen LogP contribution is -2.18. The normalized spacial score (nSPS) is 12.3. The van der Waals surface area contributed by atoms with E-state index in [2.05, 4.69) is 16.0 Å². The van der Waals surface area contributed by atoms with Crippen LogP contribution in [0.4, 0.5) is 11.6 Å². The van der Waals surface area contributed by atoms with E-state index < -0.39 is 5.97 Å². The third-order valence-corrected chi connectivity index (χ3v) is 5.22. The van der Waals surface area contributed by atoms with Gasteiger partial charge in [-0.25, -0.2) is 9.78 Å². The Morgan fingerprint density at radius 1 is 1.12 bits per heavy atom. The van der Waals surface area contributed by atoms with Crippen molar-refractivity contribution < 1.29 is 23.7 Å². The van der Waals surface area contributed by atoms with E-state index in [0.717, 1.165) is 24.2 Å². The topological polar surface area (TPSA) is 83.0 Å². The summed E-state index contributed by atoms with van der Waals surface area (Å²) in [5.74, 6) is 1.41. The number of methoxy groups -OCH3 is 2. The van der Waals surface area contributed by atoms with Gasteiger partial charge in [-0.3, -0.25) is 0 Å². The van der Waals surface area contributed by atoms with E-state index in [-0.39, 0.29) is 24.7 Å². The lowest BCUT2D eigenvalue weighted by Gasteiger charge is -2.19. The number of nitrogens with zero attached hydrogens (tertiary/aromatic N) is 3. The number of carbonyl (C=O) groups is 1. The van der Waals surface area contributed by atoms with Crippen molar-refractivity contribution in [2.75, 3.05) is 32.3 Å². The Hall–Kier alpha value is -3.81. The highest BCUT2D eigenvalue weighted by Gasteiger charge is 2.25. The molecular weight excluding hydrogens is 410 g/mol. The maximum atomic E-state index is 12.5. The molecule has 1 aliphatic rings. The van der Waals surface area contributed by atoms with Crippen LogP contribution in [0.25, 0.3) is 0 Å². The van der Waals surface area contributed by atoms with Gasteiger partial charge in [0, 0.05) is 17.8 Å². The van der Waals surface area contributed by atoms with Gasteiger partial charge in [0.1, 0.15) is 23.7 Å². The summed E-state index contributed by atoms with van der Waals surface area (Å²) in [5.41, 5.74) is 3.21. The minimum absolute atomic E-state index is 0.125. The van der Waals surface area contributed by atoms with E-state index in [1.165, 1.54) is 11.8 Å². The number of para-hydroxylation sites is 1. The molecule has 1 aliphatic heterocycles. The number of benzene rings is 2. The molecule has 4 rings (SSSR count). The average Bonchev–Trinajstić information content (AvgIpc) is 3.26. The molecule has 0 atom stereocenters. The maximum absolute atomic E-state index is 12.5. The van der Waals surface area contributed by atoms with E-state index in [1.807, 2.05) is 29.2 Å². The van der Waals surface area contributed by atoms with Gasteiger partial charge in [0.05, 0.1) is 27.0 Å². The van der Waals surface area contributed by atoms with Crippen LogP contribution < -0.4 is 19.1 Å². The van der Waals surface area contributed by atoms with Gasteiger partial charge in [-0.1, -0.05) is 18.2 Å². The van der Waals surface area contributed by atoms with Crippen molar-refractivity contribution in [1.82, 2.24) is 9.97 Å². The summed E-state index contributed by atoms with van der Waals surface area (Å²) in [4.78, 5) is 23.5. The Balaban J connectivity index is 1.66. The molecule has 2 heterocycles. The predicted octanol–water partition coefficient (Wildman–Crippen LogP) is 3.94. The Kier molecular flexibility index (Phi) is 6.39. The standard InChI is InChI=1S/C24H25N3O5/c1-4-31-23(28)19-14-25-24(27-12-11-16-7-5-6-8-20(16)27)26-22(19)32-15-17-13-18(29-2)9-10-21(17)30-3/h5-10,13-14H,4,11-12,15H2,1-3H3. The number of rotatable bonds is 8. The fraction of sp³-hybridized carbons (Fsp3) is 0.292. The summed E-state index contributed by atoms with van der Waals surface area (Å²) in [6, 6.07) is 13.6. The molecule has 0 saturated heterocycles. The molecule has 0 radical (unpaired) electrons. The molecule has 0 spiro atoms. The zero-order valence-corrected chi connectivity index (χ0v) is 18.3. The second-order valence-electron chi connectivity index (χ2n) is 7.11. The number of fused-ring (bicyclic) bond motifs is 1. The van der Waals surface area contributed by atoms with E-state index in [0.29, 0.717) is 17.4 Å². The first kappa shape index (κ1) is 21.4. The molecule has 0 N–H and O–H groups in total. The highest BCUT2D eigenvalue weighted by molar-refractivity contribution is 5.91. The molecule has 8 heteroatoms. The van der Waals surface area contributed by atoms with E-state index in [4.69, 9.17) is 18.9 Å². The van der Waals surface area contributed by atoms with Crippen LogP contribution in [0, 0.1) is 0 Å². The summed E-state index contributed by atoms with van der Waals surface area (Å²) in [6.45, 7) is 2.86. The Morgan fingerprint density at radius 3 is 2.75 bits per heavy atom. The molecule has 0 unspecified atom stereocenters. The van der Waals surface area contributed by atoms with Crippen molar-refractivity contribution in [3.8, 4) is 17.4 Å². The van der Waals surface area contributed by atoms with Gasteiger partial charge in [0.2, 0.25) is 11.8 Å². The highest BCUT2D eigenvalue weighted by Crippen LogP contribution is 2.34. The van der Waals surface area contributed by atoms with Crippen LogP contribution in [0.15, 0.2) is 48.7 Å². The number of anilines is 2. The molecule has 166 valence electrons. The fourth-order valence-electron chi connectivity index (χ4n) is 3.63. The monoisotopic (exact) mass is 435 g/mol. The number of hydrogen-bond acceptors (Lipinski definition) is 8. The third-order valence-electron chi connectivity index (χ3n) is 5.22. The highest BCUT2D eigenvalue weighted by atomic mass is 16.5. The van der Waals surface area contributed by atoms with Gasteiger partial charge in [-0.15, -0.1) is 0 Å². The second kappa shape index (κ2) is 9.55. The SMILES string of the molecule is CCOC(=O)c1cnc(N2CCc3ccccc32)nc1OCc1cc(OC)ccc1OC. The smallest absolute Gasteiger partial charge is 0.345 e. The Morgan fingerprint density at radius 2 is 1.97 bits per heavy atom. The van der Waals surface area contributed by atoms with Crippen molar-refractivity contribution in [3.05, 3.63) is 65.4 Å². The van der Waals surface area contributed by atoms with Crippen LogP contribution in [0.1, 0.15) is 28.4 Å². The summed E-state index contributed by atoms with van der Waals surface area (Å²) in [5, 5.41) is 0. The van der Waals surface area contributed by atoms with Gasteiger partial charge in [0.25, 0.3) is 0 Å². The number of hydrogen-bond donors (Lipinski definition) is 0. The lowest BCUT2D eigenvalue weighted by atomic mass is 10.2. The molecule has 2 aromatic carbocycles. The second-order valence-corrected chi connectivity index (χ2v) is 7.11. The zero-order valence-electron chi connectivity index (χ0n) is 18.3. The van der Waals surface area contributed by atoms with Gasteiger partial charge in [-0.2, -0.15) is 4.98 Å². The third kappa shape index (κ3) is 4.30. The number of esters is 1. The first-order valence-electron chi connectivity index (χ1n) is 10.4. The number of carbonyl (C=O) groups excluding carboxylic acids is 1. The van der Waals surface area contributed by atoms with Crippen molar-refractivity contribution in [3.63, 3.8) is 0 Å². The molecule has 32 heavy (non-hydrogen) atoms. The van der Waals surface area contributed by atoms with Crippen LogP contribution in [0.2, 0.25) is 0 Å². The first-order valence-corrected chi connectivity index (χ1v) is 10.4. The van der Waals surface area contributed by atoms with Gasteiger partial charge >= 0.3 is 5.97 Å². The van der Waals surface area contributed by atoms with Gasteiger partial charge < -0.3 is 23.8 Å². The minimum atomic E-state index is -0.534. The quantitative estimate of drug-likeness (QED) is 0.492. The van der Waals surface area contributed by atoms with E-state index in [9.17, 15) is 4.79 Å². The molecular formula is C24H25N3O5. The molecule has 8 nitrogen and oxygen atoms in total. The molecule has 0 bridgehead atoms.